The van der Waals surface area contributed by atoms with Gasteiger partial charge in [-0.3, -0.25) is 4.99 Å². The molecule has 0 unspecified atom stereocenters. The molecule has 0 heterocycles. The van der Waals surface area contributed by atoms with Crippen molar-refractivity contribution in [2.24, 2.45) is 4.99 Å². The standard InChI is InChI=1S/C14H23N3O/c1-11(2)17-14(15-4)16-9-10-18-13-8-6-5-7-12(13)3/h5-8,11H,9-10H2,1-4H3,(H2,15,16,17). The summed E-state index contributed by atoms with van der Waals surface area (Å²) in [6.45, 7) is 7.54. The fourth-order valence-corrected chi connectivity index (χ4v) is 1.52. The number of nitrogens with zero attached hydrogens (tertiary/aromatic N) is 1. The molecule has 0 aliphatic heterocycles. The highest BCUT2D eigenvalue weighted by Crippen LogP contribution is 2.15. The van der Waals surface area contributed by atoms with Crippen LogP contribution in [0.5, 0.6) is 5.75 Å². The van der Waals surface area contributed by atoms with Gasteiger partial charge in [-0.25, -0.2) is 0 Å². The molecule has 0 saturated carbocycles. The van der Waals surface area contributed by atoms with Gasteiger partial charge in [0, 0.05) is 13.1 Å². The highest BCUT2D eigenvalue weighted by molar-refractivity contribution is 5.79. The monoisotopic (exact) mass is 249 g/mol. The molecule has 1 aromatic carbocycles. The number of hydrogen-bond donors (Lipinski definition) is 2. The summed E-state index contributed by atoms with van der Waals surface area (Å²) in [5.41, 5.74) is 1.15. The molecule has 2 N–H and O–H groups in total. The first-order valence-electron chi connectivity index (χ1n) is 6.29. The largest absolute Gasteiger partial charge is 0.491 e. The SMILES string of the molecule is CN=C(NCCOc1ccccc1C)NC(C)C. The number of nitrogens with one attached hydrogen (secondary N) is 2. The van der Waals surface area contributed by atoms with Crippen LogP contribution in [0.15, 0.2) is 29.3 Å². The van der Waals surface area contributed by atoms with Gasteiger partial charge < -0.3 is 15.4 Å². The third kappa shape index (κ3) is 5.08. The van der Waals surface area contributed by atoms with Crippen molar-refractivity contribution >= 4 is 5.96 Å². The molecule has 1 aromatic rings. The Hall–Kier alpha value is -1.71. The Morgan fingerprint density at radius 1 is 1.33 bits per heavy atom. The van der Waals surface area contributed by atoms with Gasteiger partial charge in [-0.05, 0) is 32.4 Å². The zero-order valence-corrected chi connectivity index (χ0v) is 11.7. The summed E-state index contributed by atoms with van der Waals surface area (Å²) in [6.07, 6.45) is 0. The molecule has 4 heteroatoms. The molecule has 1 rings (SSSR count). The number of aryl methyl sites for hydroxylation is 1. The maximum Gasteiger partial charge on any atom is 0.191 e. The van der Waals surface area contributed by atoms with Crippen LogP contribution in [-0.2, 0) is 0 Å². The molecule has 100 valence electrons. The first-order chi connectivity index (χ1) is 8.63. The Labute approximate surface area is 109 Å². The zero-order chi connectivity index (χ0) is 13.4. The molecular weight excluding hydrogens is 226 g/mol. The molecule has 0 spiro atoms. The lowest BCUT2D eigenvalue weighted by Crippen LogP contribution is -2.42. The quantitative estimate of drug-likeness (QED) is 0.476. The third-order valence-corrected chi connectivity index (χ3v) is 2.39. The van der Waals surface area contributed by atoms with E-state index in [1.807, 2.05) is 31.2 Å². The predicted molar refractivity (Wildman–Crippen MR) is 76.3 cm³/mol. The van der Waals surface area contributed by atoms with Crippen molar-refractivity contribution in [3.63, 3.8) is 0 Å². The molecule has 18 heavy (non-hydrogen) atoms. The number of hydrogen-bond acceptors (Lipinski definition) is 2. The second kappa shape index (κ2) is 7.58. The highest BCUT2D eigenvalue weighted by atomic mass is 16.5. The van der Waals surface area contributed by atoms with Crippen molar-refractivity contribution in [1.82, 2.24) is 10.6 Å². The van der Waals surface area contributed by atoms with E-state index in [9.17, 15) is 0 Å². The molecule has 0 aliphatic rings. The van der Waals surface area contributed by atoms with E-state index < -0.39 is 0 Å². The molecule has 0 radical (unpaired) electrons. The number of ether oxygens (including phenoxy) is 1. The van der Waals surface area contributed by atoms with Gasteiger partial charge in [-0.15, -0.1) is 0 Å². The average molecular weight is 249 g/mol. The zero-order valence-electron chi connectivity index (χ0n) is 11.7. The van der Waals surface area contributed by atoms with Gasteiger partial charge in [-0.2, -0.15) is 0 Å². The van der Waals surface area contributed by atoms with Gasteiger partial charge in [0.15, 0.2) is 5.96 Å². The van der Waals surface area contributed by atoms with E-state index >= 15 is 0 Å². The van der Waals surface area contributed by atoms with Crippen LogP contribution in [0.2, 0.25) is 0 Å². The van der Waals surface area contributed by atoms with Crippen molar-refractivity contribution in [2.45, 2.75) is 26.8 Å². The van der Waals surface area contributed by atoms with Crippen LogP contribution in [0.4, 0.5) is 0 Å². The Bertz CT molecular complexity index is 388. The van der Waals surface area contributed by atoms with Crippen LogP contribution in [0.25, 0.3) is 0 Å². The summed E-state index contributed by atoms with van der Waals surface area (Å²) in [5, 5.41) is 6.43. The lowest BCUT2D eigenvalue weighted by atomic mass is 10.2. The van der Waals surface area contributed by atoms with Gasteiger partial charge in [0.05, 0.1) is 6.54 Å². The van der Waals surface area contributed by atoms with Crippen LogP contribution < -0.4 is 15.4 Å². The molecule has 0 atom stereocenters. The van der Waals surface area contributed by atoms with E-state index in [0.717, 1.165) is 23.8 Å². The molecule has 0 aliphatic carbocycles. The normalized spacial score (nSPS) is 11.5. The van der Waals surface area contributed by atoms with Crippen molar-refractivity contribution in [1.29, 1.82) is 0 Å². The Kier molecular flexibility index (Phi) is 6.05. The van der Waals surface area contributed by atoms with E-state index in [2.05, 4.69) is 29.5 Å². The van der Waals surface area contributed by atoms with Crippen molar-refractivity contribution in [3.05, 3.63) is 29.8 Å². The maximum absolute atomic E-state index is 5.69. The van der Waals surface area contributed by atoms with Gasteiger partial charge in [0.25, 0.3) is 0 Å². The number of guanidine groups is 1. The molecular formula is C14H23N3O. The van der Waals surface area contributed by atoms with Crippen LogP contribution >= 0.6 is 0 Å². The summed E-state index contributed by atoms with van der Waals surface area (Å²) in [7, 11) is 1.76. The van der Waals surface area contributed by atoms with Crippen LogP contribution in [0.3, 0.4) is 0 Å². The van der Waals surface area contributed by atoms with E-state index in [0.29, 0.717) is 12.6 Å². The van der Waals surface area contributed by atoms with Gasteiger partial charge in [0.1, 0.15) is 12.4 Å². The number of para-hydroxylation sites is 1. The minimum Gasteiger partial charge on any atom is -0.491 e. The van der Waals surface area contributed by atoms with Crippen LogP contribution in [0, 0.1) is 6.92 Å². The van der Waals surface area contributed by atoms with Gasteiger partial charge in [0.2, 0.25) is 0 Å². The Morgan fingerprint density at radius 3 is 2.67 bits per heavy atom. The molecule has 0 bridgehead atoms. The summed E-state index contributed by atoms with van der Waals surface area (Å²) in [5.74, 6) is 1.74. The summed E-state index contributed by atoms with van der Waals surface area (Å²) < 4.78 is 5.69. The average Bonchev–Trinajstić information content (AvgIpc) is 2.34. The van der Waals surface area contributed by atoms with Crippen molar-refractivity contribution in [3.8, 4) is 5.75 Å². The summed E-state index contributed by atoms with van der Waals surface area (Å²) in [6, 6.07) is 8.39. The van der Waals surface area contributed by atoms with Crippen molar-refractivity contribution in [2.75, 3.05) is 20.2 Å². The molecule has 0 saturated heterocycles. The predicted octanol–water partition coefficient (Wildman–Crippen LogP) is 1.95. The number of rotatable bonds is 5. The lowest BCUT2D eigenvalue weighted by molar-refractivity contribution is 0.319. The molecule has 0 fully saturated rings. The highest BCUT2D eigenvalue weighted by Gasteiger charge is 2.00. The second-order valence-electron chi connectivity index (χ2n) is 4.41. The first-order valence-corrected chi connectivity index (χ1v) is 6.29. The van der Waals surface area contributed by atoms with Crippen LogP contribution in [0.1, 0.15) is 19.4 Å². The topological polar surface area (TPSA) is 45.7 Å². The van der Waals surface area contributed by atoms with E-state index in [-0.39, 0.29) is 0 Å². The number of benzene rings is 1. The smallest absolute Gasteiger partial charge is 0.191 e. The van der Waals surface area contributed by atoms with E-state index in [4.69, 9.17) is 4.74 Å². The van der Waals surface area contributed by atoms with Gasteiger partial charge >= 0.3 is 0 Å². The Morgan fingerprint density at radius 2 is 2.06 bits per heavy atom. The second-order valence-corrected chi connectivity index (χ2v) is 4.41. The minimum atomic E-state index is 0.369. The molecule has 0 aromatic heterocycles. The van der Waals surface area contributed by atoms with E-state index in [1.165, 1.54) is 0 Å². The van der Waals surface area contributed by atoms with Crippen molar-refractivity contribution < 1.29 is 4.74 Å². The van der Waals surface area contributed by atoms with E-state index in [1.54, 1.807) is 7.05 Å². The molecule has 4 nitrogen and oxygen atoms in total. The lowest BCUT2D eigenvalue weighted by Gasteiger charge is -2.15. The minimum absolute atomic E-state index is 0.369. The first kappa shape index (κ1) is 14.4. The fraction of sp³-hybridized carbons (Fsp3) is 0.500. The fourth-order valence-electron chi connectivity index (χ4n) is 1.52. The van der Waals surface area contributed by atoms with Gasteiger partial charge in [-0.1, -0.05) is 18.2 Å². The number of aliphatic imine (C=N–C) groups is 1. The van der Waals surface area contributed by atoms with Crippen LogP contribution in [-0.4, -0.2) is 32.2 Å². The summed E-state index contributed by atoms with van der Waals surface area (Å²) >= 11 is 0. The Balaban J connectivity index is 2.28. The third-order valence-electron chi connectivity index (χ3n) is 2.39. The molecule has 0 amide bonds. The summed E-state index contributed by atoms with van der Waals surface area (Å²) in [4.78, 5) is 4.13. The maximum atomic E-state index is 5.69.